The van der Waals surface area contributed by atoms with Crippen LogP contribution in [0.25, 0.3) is 0 Å². The molecule has 6 heteroatoms. The van der Waals surface area contributed by atoms with E-state index in [2.05, 4.69) is 22.5 Å². The molecule has 2 aromatic rings. The topological polar surface area (TPSA) is 66.0 Å². The van der Waals surface area contributed by atoms with Gasteiger partial charge in [-0.15, -0.1) is 0 Å². The van der Waals surface area contributed by atoms with Crippen molar-refractivity contribution < 1.29 is 9.53 Å². The van der Waals surface area contributed by atoms with E-state index in [9.17, 15) is 4.79 Å². The molecule has 30 heavy (non-hydrogen) atoms. The number of amides is 1. The van der Waals surface area contributed by atoms with Crippen LogP contribution in [0, 0.1) is 6.92 Å². The van der Waals surface area contributed by atoms with Crippen molar-refractivity contribution in [2.45, 2.75) is 33.3 Å². The van der Waals surface area contributed by atoms with E-state index in [1.54, 1.807) is 19.0 Å². The molecule has 0 fully saturated rings. The number of ether oxygens (including phenoxy) is 1. The summed E-state index contributed by atoms with van der Waals surface area (Å²) in [5.41, 5.74) is 3.03. The number of carbonyl (C=O) groups is 1. The number of nitrogens with one attached hydrogen (secondary N) is 2. The second kappa shape index (κ2) is 11.9. The molecule has 0 aliphatic heterocycles. The fourth-order valence-electron chi connectivity index (χ4n) is 2.89. The number of guanidine groups is 1. The lowest BCUT2D eigenvalue weighted by Crippen LogP contribution is -2.39. The Morgan fingerprint density at radius 2 is 1.87 bits per heavy atom. The van der Waals surface area contributed by atoms with E-state index in [1.165, 1.54) is 5.56 Å². The van der Waals surface area contributed by atoms with Gasteiger partial charge in [0.15, 0.2) is 5.96 Å². The summed E-state index contributed by atoms with van der Waals surface area (Å²) >= 11 is 0. The molecule has 2 rings (SSSR count). The monoisotopic (exact) mass is 410 g/mol. The van der Waals surface area contributed by atoms with Crippen molar-refractivity contribution in [3.05, 3.63) is 65.2 Å². The van der Waals surface area contributed by atoms with Crippen LogP contribution in [0.4, 0.5) is 0 Å². The summed E-state index contributed by atoms with van der Waals surface area (Å²) in [5, 5.41) is 6.62. The van der Waals surface area contributed by atoms with Gasteiger partial charge in [0, 0.05) is 32.7 Å². The molecule has 2 aromatic carbocycles. The Bertz CT molecular complexity index is 831. The molecule has 1 unspecified atom stereocenters. The van der Waals surface area contributed by atoms with E-state index < -0.39 is 0 Å². The quantitative estimate of drug-likeness (QED) is 0.492. The van der Waals surface area contributed by atoms with Crippen LogP contribution in [0.1, 0.15) is 35.3 Å². The highest BCUT2D eigenvalue weighted by Crippen LogP contribution is 2.13. The predicted molar refractivity (Wildman–Crippen MR) is 123 cm³/mol. The largest absolute Gasteiger partial charge is 0.489 e. The van der Waals surface area contributed by atoms with E-state index >= 15 is 0 Å². The maximum Gasteiger partial charge on any atom is 0.253 e. The van der Waals surface area contributed by atoms with Gasteiger partial charge in [0.1, 0.15) is 11.9 Å². The summed E-state index contributed by atoms with van der Waals surface area (Å²) < 4.78 is 5.93. The molecule has 6 nitrogen and oxygen atoms in total. The third-order valence-electron chi connectivity index (χ3n) is 4.50. The van der Waals surface area contributed by atoms with Gasteiger partial charge in [0.25, 0.3) is 5.91 Å². The molecule has 1 atom stereocenters. The van der Waals surface area contributed by atoms with Gasteiger partial charge in [0.2, 0.25) is 0 Å². The molecule has 162 valence electrons. The van der Waals surface area contributed by atoms with Crippen LogP contribution in [0.15, 0.2) is 53.5 Å². The molecule has 2 N–H and O–H groups in total. The fraction of sp³-hybridized carbons (Fsp3) is 0.417. The average molecular weight is 411 g/mol. The fourth-order valence-corrected chi connectivity index (χ4v) is 2.89. The zero-order chi connectivity index (χ0) is 21.9. The minimum atomic E-state index is -0.0307. The number of rotatable bonds is 9. The number of hydrogen-bond donors (Lipinski definition) is 2. The molecule has 0 aliphatic rings. The number of hydrogen-bond acceptors (Lipinski definition) is 3. The molecule has 0 aliphatic carbocycles. The summed E-state index contributed by atoms with van der Waals surface area (Å²) in [7, 11) is 3.53. The molecule has 0 saturated carbocycles. The lowest BCUT2D eigenvalue weighted by atomic mass is 10.1. The molecule has 0 spiro atoms. The first-order valence-corrected chi connectivity index (χ1v) is 10.4. The lowest BCUT2D eigenvalue weighted by Gasteiger charge is -2.15. The first-order chi connectivity index (χ1) is 14.4. The van der Waals surface area contributed by atoms with Crippen molar-refractivity contribution in [1.29, 1.82) is 0 Å². The number of aryl methyl sites for hydroxylation is 1. The first-order valence-electron chi connectivity index (χ1n) is 10.4. The highest BCUT2D eigenvalue weighted by Gasteiger charge is 2.08. The van der Waals surface area contributed by atoms with Crippen molar-refractivity contribution in [2.24, 2.45) is 4.99 Å². The molecular weight excluding hydrogens is 376 g/mol. The predicted octanol–water partition coefficient (Wildman–Crippen LogP) is 3.26. The highest BCUT2D eigenvalue weighted by molar-refractivity contribution is 5.94. The van der Waals surface area contributed by atoms with E-state index in [4.69, 9.17) is 4.74 Å². The van der Waals surface area contributed by atoms with Crippen LogP contribution in [-0.4, -0.2) is 56.6 Å². The van der Waals surface area contributed by atoms with Crippen LogP contribution < -0.4 is 15.4 Å². The summed E-state index contributed by atoms with van der Waals surface area (Å²) in [6.45, 7) is 8.17. The standard InChI is InChI=1S/C24H34N4O2/c1-6-25-24(27-17-19(3)30-22-12-10-18(2)11-13-22)26-15-14-20-8-7-9-21(16-20)23(29)28(4)5/h7-13,16,19H,6,14-15,17H2,1-5H3,(H2,25,26,27). The molecule has 1 amide bonds. The first kappa shape index (κ1) is 23.3. The third-order valence-corrected chi connectivity index (χ3v) is 4.50. The van der Waals surface area contributed by atoms with Crippen LogP contribution >= 0.6 is 0 Å². The Morgan fingerprint density at radius 3 is 2.53 bits per heavy atom. The van der Waals surface area contributed by atoms with E-state index in [1.807, 2.05) is 62.4 Å². The van der Waals surface area contributed by atoms with Crippen molar-refractivity contribution in [2.75, 3.05) is 33.7 Å². The second-order valence-corrected chi connectivity index (χ2v) is 7.54. The minimum absolute atomic E-state index is 0.0160. The normalized spacial score (nSPS) is 12.2. The highest BCUT2D eigenvalue weighted by atomic mass is 16.5. The molecule has 0 aromatic heterocycles. The second-order valence-electron chi connectivity index (χ2n) is 7.54. The van der Waals surface area contributed by atoms with Crippen molar-refractivity contribution in [3.8, 4) is 5.75 Å². The summed E-state index contributed by atoms with van der Waals surface area (Å²) in [6, 6.07) is 15.8. The van der Waals surface area contributed by atoms with Gasteiger partial charge in [0.05, 0.1) is 6.54 Å². The maximum absolute atomic E-state index is 12.1. The Morgan fingerprint density at radius 1 is 1.13 bits per heavy atom. The summed E-state index contributed by atoms with van der Waals surface area (Å²) in [5.74, 6) is 1.63. The van der Waals surface area contributed by atoms with Crippen LogP contribution in [-0.2, 0) is 6.42 Å². The smallest absolute Gasteiger partial charge is 0.253 e. The number of aliphatic imine (C=N–C) groups is 1. The van der Waals surface area contributed by atoms with E-state index in [-0.39, 0.29) is 12.0 Å². The average Bonchev–Trinajstić information content (AvgIpc) is 2.73. The van der Waals surface area contributed by atoms with Gasteiger partial charge in [-0.05, 0) is 57.0 Å². The maximum atomic E-state index is 12.1. The van der Waals surface area contributed by atoms with Gasteiger partial charge in [-0.25, -0.2) is 4.99 Å². The Balaban J connectivity index is 1.87. The van der Waals surface area contributed by atoms with E-state index in [0.29, 0.717) is 12.1 Å². The third kappa shape index (κ3) is 7.78. The molecule has 0 bridgehead atoms. The van der Waals surface area contributed by atoms with E-state index in [0.717, 1.165) is 36.8 Å². The minimum Gasteiger partial charge on any atom is -0.489 e. The van der Waals surface area contributed by atoms with Crippen molar-refractivity contribution in [1.82, 2.24) is 15.5 Å². The Hall–Kier alpha value is -3.02. The molecule has 0 heterocycles. The summed E-state index contributed by atoms with van der Waals surface area (Å²) in [6.07, 6.45) is 0.769. The lowest BCUT2D eigenvalue weighted by molar-refractivity contribution is 0.0827. The zero-order valence-electron chi connectivity index (χ0n) is 18.7. The number of nitrogens with zero attached hydrogens (tertiary/aromatic N) is 2. The van der Waals surface area contributed by atoms with Gasteiger partial charge in [-0.2, -0.15) is 0 Å². The Labute approximate surface area is 180 Å². The van der Waals surface area contributed by atoms with Gasteiger partial charge in [-0.3, -0.25) is 4.79 Å². The van der Waals surface area contributed by atoms with Gasteiger partial charge >= 0.3 is 0 Å². The number of benzene rings is 2. The molecule has 0 radical (unpaired) electrons. The van der Waals surface area contributed by atoms with Gasteiger partial charge in [-0.1, -0.05) is 29.8 Å². The Kier molecular flexibility index (Phi) is 9.19. The van der Waals surface area contributed by atoms with Crippen LogP contribution in [0.5, 0.6) is 5.75 Å². The zero-order valence-corrected chi connectivity index (χ0v) is 18.7. The van der Waals surface area contributed by atoms with Gasteiger partial charge < -0.3 is 20.3 Å². The van der Waals surface area contributed by atoms with Crippen LogP contribution in [0.2, 0.25) is 0 Å². The number of carbonyl (C=O) groups excluding carboxylic acids is 1. The SMILES string of the molecule is CCNC(=NCC(C)Oc1ccc(C)cc1)NCCc1cccc(C(=O)N(C)C)c1. The van der Waals surface area contributed by atoms with Crippen LogP contribution in [0.3, 0.4) is 0 Å². The summed E-state index contributed by atoms with van der Waals surface area (Å²) in [4.78, 5) is 18.4. The van der Waals surface area contributed by atoms with Crippen molar-refractivity contribution in [3.63, 3.8) is 0 Å². The van der Waals surface area contributed by atoms with Crippen molar-refractivity contribution >= 4 is 11.9 Å². The molecular formula is C24H34N4O2. The molecule has 0 saturated heterocycles.